The first kappa shape index (κ1) is 35.7. The van der Waals surface area contributed by atoms with Crippen molar-refractivity contribution >= 4 is 64.3 Å². The van der Waals surface area contributed by atoms with Crippen LogP contribution in [0, 0.1) is 10.1 Å². The third-order valence-electron chi connectivity index (χ3n) is 7.98. The van der Waals surface area contributed by atoms with Gasteiger partial charge in [-0.1, -0.05) is 18.9 Å². The number of carbonyl (C=O) groups is 7. The van der Waals surface area contributed by atoms with Crippen molar-refractivity contribution in [2.75, 3.05) is 29.0 Å². The number of benzene rings is 2. The number of furan rings is 1. The average Bonchev–Trinajstić information content (AvgIpc) is 3.70. The quantitative estimate of drug-likeness (QED) is 0.0508. The Morgan fingerprint density at radius 1 is 0.863 bits per heavy atom. The van der Waals surface area contributed by atoms with E-state index in [1.165, 1.54) is 36.4 Å². The van der Waals surface area contributed by atoms with Crippen LogP contribution in [-0.2, 0) is 19.2 Å². The summed E-state index contributed by atoms with van der Waals surface area (Å²) in [5.74, 6) is -4.69. The van der Waals surface area contributed by atoms with Gasteiger partial charge in [0.15, 0.2) is 5.76 Å². The van der Waals surface area contributed by atoms with Crippen molar-refractivity contribution in [3.63, 3.8) is 0 Å². The van der Waals surface area contributed by atoms with Crippen molar-refractivity contribution in [2.45, 2.75) is 44.6 Å². The largest absolute Gasteiger partial charge is 0.433 e. The highest BCUT2D eigenvalue weighted by atomic mass is 16.6. The van der Waals surface area contributed by atoms with Crippen LogP contribution in [0.25, 0.3) is 0 Å². The highest BCUT2D eigenvalue weighted by Crippen LogP contribution is 2.32. The summed E-state index contributed by atoms with van der Waals surface area (Å²) in [6, 6.07) is 12.2. The van der Waals surface area contributed by atoms with Crippen molar-refractivity contribution in [1.29, 1.82) is 0 Å². The van der Waals surface area contributed by atoms with Crippen LogP contribution in [0.3, 0.4) is 0 Å². The lowest BCUT2D eigenvalue weighted by Gasteiger charge is -2.27. The van der Waals surface area contributed by atoms with Crippen LogP contribution in [0.1, 0.15) is 69.8 Å². The maximum atomic E-state index is 13.2. The molecule has 3 aromatic rings. The lowest BCUT2D eigenvalue weighted by molar-refractivity contribution is -0.402. The zero-order valence-corrected chi connectivity index (χ0v) is 27.1. The molecule has 0 spiro atoms. The van der Waals surface area contributed by atoms with Gasteiger partial charge in [-0.2, -0.15) is 0 Å². The molecule has 2 aliphatic rings. The lowest BCUT2D eigenvalue weighted by atomic mass is 10.0. The number of anilines is 3. The van der Waals surface area contributed by atoms with Gasteiger partial charge in [0.25, 0.3) is 17.7 Å². The SMILES string of the molecule is O=C(/C=C/C(=O)Nc1ccc(NC(=O)c2ccc([N+](=O)[O-])o2)cc1)NCCCCCCNc1cccc2c1C(=O)N(C1CCC(=O)NC1=O)C2=O. The Labute approximate surface area is 290 Å². The van der Waals surface area contributed by atoms with E-state index in [4.69, 9.17) is 4.42 Å². The molecule has 1 atom stereocenters. The lowest BCUT2D eigenvalue weighted by Crippen LogP contribution is -2.54. The molecule has 0 aliphatic carbocycles. The number of hydrogen-bond donors (Lipinski definition) is 5. The number of amides is 7. The van der Waals surface area contributed by atoms with E-state index >= 15 is 0 Å². The van der Waals surface area contributed by atoms with E-state index in [1.807, 2.05) is 0 Å². The summed E-state index contributed by atoms with van der Waals surface area (Å²) >= 11 is 0. The standard InChI is InChI=1S/C34H33N7O10/c42-26(15-16-27(43)37-20-8-10-21(11-9-20)38-32(46)25-13-17-29(51-25)41(49)50)36-19-4-2-1-3-18-35-23-7-5-6-22-30(23)34(48)40(33(22)47)24-12-14-28(44)39-31(24)45/h5-11,13,15-17,24,35H,1-4,12,14,18-19H2,(H,36,42)(H,37,43)(H,38,46)(H,39,44,45)/b16-15+. The van der Waals surface area contributed by atoms with Gasteiger partial charge in [0, 0.05) is 48.7 Å². The summed E-state index contributed by atoms with van der Waals surface area (Å²) in [5.41, 5.74) is 1.67. The maximum absolute atomic E-state index is 13.2. The Kier molecular flexibility index (Phi) is 11.3. The van der Waals surface area contributed by atoms with Gasteiger partial charge >= 0.3 is 5.88 Å². The summed E-state index contributed by atoms with van der Waals surface area (Å²) in [6.07, 6.45) is 5.39. The Hall–Kier alpha value is -6.65. The number of rotatable bonds is 15. The molecule has 0 radical (unpaired) electrons. The van der Waals surface area contributed by atoms with Gasteiger partial charge in [0.2, 0.25) is 23.6 Å². The van der Waals surface area contributed by atoms with Crippen molar-refractivity contribution in [2.24, 2.45) is 0 Å². The summed E-state index contributed by atoms with van der Waals surface area (Å²) in [7, 11) is 0. The minimum atomic E-state index is -1.03. The van der Waals surface area contributed by atoms with Crippen molar-refractivity contribution in [3.8, 4) is 0 Å². The molecule has 17 nitrogen and oxygen atoms in total. The molecule has 2 aromatic carbocycles. The normalized spacial score (nSPS) is 15.4. The predicted octanol–water partition coefficient (Wildman–Crippen LogP) is 3.12. The van der Waals surface area contributed by atoms with Crippen LogP contribution in [0.2, 0.25) is 0 Å². The van der Waals surface area contributed by atoms with Gasteiger partial charge in [0.05, 0.1) is 17.2 Å². The third kappa shape index (κ3) is 8.88. The van der Waals surface area contributed by atoms with E-state index in [1.54, 1.807) is 12.1 Å². The van der Waals surface area contributed by atoms with E-state index in [0.717, 1.165) is 42.4 Å². The zero-order chi connectivity index (χ0) is 36.5. The fourth-order valence-corrected chi connectivity index (χ4v) is 5.47. The minimum Gasteiger partial charge on any atom is -0.395 e. The Morgan fingerprint density at radius 2 is 1.55 bits per heavy atom. The second-order valence-corrected chi connectivity index (χ2v) is 11.6. The van der Waals surface area contributed by atoms with Crippen LogP contribution >= 0.6 is 0 Å². The Balaban J connectivity index is 0.958. The first-order valence-corrected chi connectivity index (χ1v) is 16.0. The number of piperidine rings is 1. The Morgan fingerprint density at radius 3 is 2.24 bits per heavy atom. The molecule has 7 amide bonds. The van der Waals surface area contributed by atoms with Gasteiger partial charge in [-0.25, -0.2) is 0 Å². The van der Waals surface area contributed by atoms with E-state index in [9.17, 15) is 43.7 Å². The van der Waals surface area contributed by atoms with Gasteiger partial charge in [-0.3, -0.25) is 53.9 Å². The molecule has 3 heterocycles. The van der Waals surface area contributed by atoms with E-state index in [2.05, 4.69) is 26.6 Å². The van der Waals surface area contributed by atoms with Gasteiger partial charge in [-0.15, -0.1) is 0 Å². The highest BCUT2D eigenvalue weighted by molar-refractivity contribution is 6.25. The summed E-state index contributed by atoms with van der Waals surface area (Å²) < 4.78 is 4.86. The number of imide groups is 2. The molecule has 264 valence electrons. The minimum absolute atomic E-state index is 0.0456. The van der Waals surface area contributed by atoms with Crippen LogP contribution in [-0.4, -0.2) is 70.3 Å². The summed E-state index contributed by atoms with van der Waals surface area (Å²) in [6.45, 7) is 0.922. The van der Waals surface area contributed by atoms with Gasteiger partial charge in [0.1, 0.15) is 11.0 Å². The molecule has 2 aliphatic heterocycles. The molecule has 5 rings (SSSR count). The fourth-order valence-electron chi connectivity index (χ4n) is 5.47. The third-order valence-corrected chi connectivity index (χ3v) is 7.98. The molecule has 1 aromatic heterocycles. The smallest absolute Gasteiger partial charge is 0.395 e. The molecule has 5 N–H and O–H groups in total. The molecule has 17 heteroatoms. The van der Waals surface area contributed by atoms with E-state index in [0.29, 0.717) is 36.6 Å². The first-order chi connectivity index (χ1) is 24.5. The second-order valence-electron chi connectivity index (χ2n) is 11.6. The first-order valence-electron chi connectivity index (χ1n) is 16.0. The van der Waals surface area contributed by atoms with Crippen LogP contribution in [0.5, 0.6) is 0 Å². The molecule has 1 saturated heterocycles. The van der Waals surface area contributed by atoms with Crippen molar-refractivity contribution < 1.29 is 42.9 Å². The van der Waals surface area contributed by atoms with Crippen molar-refractivity contribution in [3.05, 3.63) is 93.8 Å². The highest BCUT2D eigenvalue weighted by Gasteiger charge is 2.45. The maximum Gasteiger partial charge on any atom is 0.433 e. The molecule has 0 saturated carbocycles. The summed E-state index contributed by atoms with van der Waals surface area (Å²) in [5, 5.41) is 23.9. The summed E-state index contributed by atoms with van der Waals surface area (Å²) in [4.78, 5) is 97.4. The monoisotopic (exact) mass is 699 g/mol. The van der Waals surface area contributed by atoms with E-state index in [-0.39, 0.29) is 29.7 Å². The number of hydrogen-bond acceptors (Lipinski definition) is 11. The number of carbonyl (C=O) groups excluding carboxylic acids is 7. The number of nitro groups is 1. The van der Waals surface area contributed by atoms with Crippen molar-refractivity contribution in [1.82, 2.24) is 15.5 Å². The second kappa shape index (κ2) is 16.2. The predicted molar refractivity (Wildman–Crippen MR) is 181 cm³/mol. The van der Waals surface area contributed by atoms with Crippen LogP contribution in [0.4, 0.5) is 22.9 Å². The topological polar surface area (TPSA) is 239 Å². The van der Waals surface area contributed by atoms with Crippen LogP contribution < -0.4 is 26.6 Å². The number of unbranched alkanes of at least 4 members (excludes halogenated alkanes) is 3. The number of nitrogens with one attached hydrogen (secondary N) is 5. The molecule has 1 unspecified atom stereocenters. The molecular weight excluding hydrogens is 666 g/mol. The average molecular weight is 700 g/mol. The van der Waals surface area contributed by atoms with Gasteiger partial charge in [-0.05, 0) is 61.7 Å². The molecular formula is C34H33N7O10. The fraction of sp³-hybridized carbons (Fsp3) is 0.265. The molecule has 51 heavy (non-hydrogen) atoms. The number of fused-ring (bicyclic) bond motifs is 1. The van der Waals surface area contributed by atoms with Gasteiger partial charge < -0.3 is 25.7 Å². The Bertz CT molecular complexity index is 1920. The molecule has 0 bridgehead atoms. The number of nitrogens with zero attached hydrogens (tertiary/aromatic N) is 2. The zero-order valence-electron chi connectivity index (χ0n) is 27.1. The van der Waals surface area contributed by atoms with E-state index < -0.39 is 58.2 Å². The molecule has 1 fully saturated rings. The van der Waals surface area contributed by atoms with Crippen LogP contribution in [0.15, 0.2) is 71.2 Å².